The van der Waals surface area contributed by atoms with Crippen molar-refractivity contribution in [1.82, 2.24) is 0 Å². The zero-order valence-corrected chi connectivity index (χ0v) is 12.9. The summed E-state index contributed by atoms with van der Waals surface area (Å²) < 4.78 is 17.1. The molecule has 0 aliphatic rings. The van der Waals surface area contributed by atoms with Crippen LogP contribution in [0, 0.1) is 0 Å². The normalized spacial score (nSPS) is 10.2. The minimum atomic E-state index is 0.384. The first-order chi connectivity index (χ1) is 9.62. The van der Waals surface area contributed by atoms with E-state index in [0.717, 1.165) is 10.0 Å². The molecule has 0 aliphatic carbocycles. The topological polar surface area (TPSA) is 53.7 Å². The van der Waals surface area contributed by atoms with Gasteiger partial charge in [0.2, 0.25) is 0 Å². The van der Waals surface area contributed by atoms with E-state index in [4.69, 9.17) is 19.9 Å². The van der Waals surface area contributed by atoms with Gasteiger partial charge in [0, 0.05) is 33.9 Å². The van der Waals surface area contributed by atoms with Crippen molar-refractivity contribution in [3.63, 3.8) is 0 Å². The van der Waals surface area contributed by atoms with Gasteiger partial charge in [0.15, 0.2) is 0 Å². The first kappa shape index (κ1) is 14.5. The molecule has 2 rings (SSSR count). The van der Waals surface area contributed by atoms with Crippen molar-refractivity contribution >= 4 is 21.6 Å². The Hall–Kier alpha value is -1.88. The summed E-state index contributed by atoms with van der Waals surface area (Å²) in [4.78, 5) is 0. The molecule has 2 N–H and O–H groups in total. The van der Waals surface area contributed by atoms with Gasteiger partial charge in [0.05, 0.1) is 14.2 Å². The van der Waals surface area contributed by atoms with Gasteiger partial charge >= 0.3 is 0 Å². The van der Waals surface area contributed by atoms with Gasteiger partial charge in [-0.3, -0.25) is 0 Å². The van der Waals surface area contributed by atoms with Crippen LogP contribution in [0.5, 0.6) is 17.2 Å². The number of methoxy groups -OCH3 is 2. The molecule has 0 saturated carbocycles. The van der Waals surface area contributed by atoms with Gasteiger partial charge in [-0.25, -0.2) is 0 Å². The van der Waals surface area contributed by atoms with Crippen molar-refractivity contribution in [2.24, 2.45) is 0 Å². The van der Waals surface area contributed by atoms with E-state index in [-0.39, 0.29) is 0 Å². The maximum Gasteiger partial charge on any atom is 0.127 e. The van der Waals surface area contributed by atoms with E-state index in [2.05, 4.69) is 15.9 Å². The van der Waals surface area contributed by atoms with Crippen LogP contribution in [-0.4, -0.2) is 14.2 Å². The lowest BCUT2D eigenvalue weighted by Crippen LogP contribution is -2.00. The molecule has 0 bridgehead atoms. The van der Waals surface area contributed by atoms with Crippen LogP contribution < -0.4 is 19.9 Å². The molecule has 2 aromatic rings. The molecule has 0 saturated heterocycles. The lowest BCUT2D eigenvalue weighted by molar-refractivity contribution is 0.301. The average Bonchev–Trinajstić information content (AvgIpc) is 2.46. The molecule has 0 spiro atoms. The van der Waals surface area contributed by atoms with Gasteiger partial charge in [0.1, 0.15) is 23.9 Å². The number of anilines is 1. The molecule has 106 valence electrons. The average molecular weight is 338 g/mol. The van der Waals surface area contributed by atoms with Gasteiger partial charge < -0.3 is 19.9 Å². The van der Waals surface area contributed by atoms with E-state index in [1.165, 1.54) is 0 Å². The van der Waals surface area contributed by atoms with E-state index in [9.17, 15) is 0 Å². The van der Waals surface area contributed by atoms with E-state index in [1.807, 2.05) is 18.2 Å². The fraction of sp³-hybridized carbons (Fsp3) is 0.200. The van der Waals surface area contributed by atoms with Crippen molar-refractivity contribution in [2.45, 2.75) is 6.61 Å². The Labute approximate surface area is 126 Å². The number of ether oxygens (including phenoxy) is 3. The third-order valence-electron chi connectivity index (χ3n) is 2.83. The van der Waals surface area contributed by atoms with Gasteiger partial charge in [-0.15, -0.1) is 0 Å². The number of rotatable bonds is 5. The summed E-state index contributed by atoms with van der Waals surface area (Å²) in [6.45, 7) is 0.384. The zero-order valence-electron chi connectivity index (χ0n) is 11.4. The van der Waals surface area contributed by atoms with Crippen molar-refractivity contribution in [3.05, 3.63) is 46.4 Å². The fourth-order valence-corrected chi connectivity index (χ4v) is 2.10. The summed E-state index contributed by atoms with van der Waals surface area (Å²) in [5, 5.41) is 0. The largest absolute Gasteiger partial charge is 0.496 e. The van der Waals surface area contributed by atoms with Crippen molar-refractivity contribution < 1.29 is 14.2 Å². The monoisotopic (exact) mass is 337 g/mol. The van der Waals surface area contributed by atoms with Crippen LogP contribution >= 0.6 is 15.9 Å². The molecular weight excluding hydrogens is 322 g/mol. The molecule has 0 atom stereocenters. The molecule has 0 heterocycles. The second-order valence-corrected chi connectivity index (χ2v) is 5.10. The molecule has 0 aliphatic heterocycles. The van der Waals surface area contributed by atoms with Crippen LogP contribution in [0.25, 0.3) is 0 Å². The molecule has 0 unspecified atom stereocenters. The van der Waals surface area contributed by atoms with E-state index in [0.29, 0.717) is 29.5 Å². The van der Waals surface area contributed by atoms with Gasteiger partial charge in [0.25, 0.3) is 0 Å². The number of hydrogen-bond donors (Lipinski definition) is 1. The Kier molecular flexibility index (Phi) is 4.74. The Morgan fingerprint density at radius 2 is 1.55 bits per heavy atom. The minimum Gasteiger partial charge on any atom is -0.496 e. The first-order valence-electron chi connectivity index (χ1n) is 6.02. The van der Waals surface area contributed by atoms with Crippen LogP contribution in [-0.2, 0) is 6.61 Å². The molecule has 0 amide bonds. The summed E-state index contributed by atoms with van der Waals surface area (Å²) in [6.07, 6.45) is 0. The molecule has 5 heteroatoms. The summed E-state index contributed by atoms with van der Waals surface area (Å²) in [6, 6.07) is 11.1. The van der Waals surface area contributed by atoms with E-state index < -0.39 is 0 Å². The Bertz CT molecular complexity index is 579. The minimum absolute atomic E-state index is 0.384. The smallest absolute Gasteiger partial charge is 0.127 e. The highest BCUT2D eigenvalue weighted by molar-refractivity contribution is 9.10. The van der Waals surface area contributed by atoms with Crippen molar-refractivity contribution in [1.29, 1.82) is 0 Å². The van der Waals surface area contributed by atoms with Crippen LogP contribution in [0.3, 0.4) is 0 Å². The first-order valence-corrected chi connectivity index (χ1v) is 6.81. The van der Waals surface area contributed by atoms with Crippen molar-refractivity contribution in [3.8, 4) is 17.2 Å². The van der Waals surface area contributed by atoms with Crippen LogP contribution in [0.2, 0.25) is 0 Å². The molecule has 2 aromatic carbocycles. The number of benzene rings is 2. The molecular formula is C15H16BrNO3. The Balaban J connectivity index is 2.13. The SMILES string of the molecule is COc1cc(OC)cc(OCc2ccc(Br)cc2N)c1. The molecule has 4 nitrogen and oxygen atoms in total. The highest BCUT2D eigenvalue weighted by Crippen LogP contribution is 2.28. The summed E-state index contributed by atoms with van der Waals surface area (Å²) in [5.74, 6) is 2.04. The predicted octanol–water partition coefficient (Wildman–Crippen LogP) is 3.63. The molecule has 0 aromatic heterocycles. The third-order valence-corrected chi connectivity index (χ3v) is 3.32. The lowest BCUT2D eigenvalue weighted by atomic mass is 10.2. The lowest BCUT2D eigenvalue weighted by Gasteiger charge is -2.11. The number of nitrogen functional groups attached to an aromatic ring is 1. The second-order valence-electron chi connectivity index (χ2n) is 4.18. The van der Waals surface area contributed by atoms with E-state index >= 15 is 0 Å². The van der Waals surface area contributed by atoms with Crippen molar-refractivity contribution in [2.75, 3.05) is 20.0 Å². The highest BCUT2D eigenvalue weighted by Gasteiger charge is 2.05. The summed E-state index contributed by atoms with van der Waals surface area (Å²) >= 11 is 3.38. The molecule has 0 fully saturated rings. The number of halogens is 1. The van der Waals surface area contributed by atoms with Crippen LogP contribution in [0.4, 0.5) is 5.69 Å². The zero-order chi connectivity index (χ0) is 14.5. The maximum absolute atomic E-state index is 5.94. The second kappa shape index (κ2) is 6.52. The van der Waals surface area contributed by atoms with Gasteiger partial charge in [-0.1, -0.05) is 22.0 Å². The highest BCUT2D eigenvalue weighted by atomic mass is 79.9. The predicted molar refractivity (Wildman–Crippen MR) is 82.4 cm³/mol. The van der Waals surface area contributed by atoms with E-state index in [1.54, 1.807) is 32.4 Å². The number of nitrogens with two attached hydrogens (primary N) is 1. The standard InChI is InChI=1S/C15H16BrNO3/c1-18-12-6-13(19-2)8-14(7-12)20-9-10-3-4-11(16)5-15(10)17/h3-8H,9,17H2,1-2H3. The van der Waals surface area contributed by atoms with Gasteiger partial charge in [-0.05, 0) is 12.1 Å². The third kappa shape index (κ3) is 3.57. The quantitative estimate of drug-likeness (QED) is 0.846. The maximum atomic E-state index is 5.94. The fourth-order valence-electron chi connectivity index (χ4n) is 1.72. The summed E-state index contributed by atoms with van der Waals surface area (Å²) in [5.41, 5.74) is 7.55. The molecule has 20 heavy (non-hydrogen) atoms. The Morgan fingerprint density at radius 1 is 0.950 bits per heavy atom. The van der Waals surface area contributed by atoms with Crippen LogP contribution in [0.15, 0.2) is 40.9 Å². The Morgan fingerprint density at radius 3 is 2.10 bits per heavy atom. The molecule has 0 radical (unpaired) electrons. The number of hydrogen-bond acceptors (Lipinski definition) is 4. The van der Waals surface area contributed by atoms with Gasteiger partial charge in [-0.2, -0.15) is 0 Å². The van der Waals surface area contributed by atoms with Crippen LogP contribution in [0.1, 0.15) is 5.56 Å². The summed E-state index contributed by atoms with van der Waals surface area (Å²) in [7, 11) is 3.20.